The van der Waals surface area contributed by atoms with Gasteiger partial charge in [-0.05, 0) is 31.0 Å². The summed E-state index contributed by atoms with van der Waals surface area (Å²) in [4.78, 5) is 11.3. The van der Waals surface area contributed by atoms with Gasteiger partial charge in [0.1, 0.15) is 0 Å². The Bertz CT molecular complexity index is 813. The zero-order valence-corrected chi connectivity index (χ0v) is 14.5. The zero-order valence-electron chi connectivity index (χ0n) is 12.9. The van der Waals surface area contributed by atoms with Crippen molar-refractivity contribution < 1.29 is 26.7 Å². The molecule has 0 spiro atoms. The molecule has 0 saturated carbocycles. The Labute approximate surface area is 135 Å². The number of carboxylic acid groups (broad SMARTS) is 1. The Kier molecular flexibility index (Phi) is 4.57. The van der Waals surface area contributed by atoms with Gasteiger partial charge >= 0.3 is 5.97 Å². The Morgan fingerprint density at radius 2 is 1.78 bits per heavy atom. The van der Waals surface area contributed by atoms with E-state index in [1.165, 1.54) is 31.2 Å². The second-order valence-corrected chi connectivity index (χ2v) is 10.2. The summed E-state index contributed by atoms with van der Waals surface area (Å²) in [5.41, 5.74) is -0.577. The molecule has 9 heteroatoms. The number of aliphatic carboxylic acids is 1. The lowest BCUT2D eigenvalue weighted by atomic mass is 9.90. The third kappa shape index (κ3) is 3.91. The van der Waals surface area contributed by atoms with Crippen molar-refractivity contribution in [2.45, 2.75) is 24.0 Å². The molecule has 1 aromatic rings. The minimum absolute atomic E-state index is 0.0318. The highest BCUT2D eigenvalue weighted by molar-refractivity contribution is 7.90. The summed E-state index contributed by atoms with van der Waals surface area (Å²) < 4.78 is 48.8. The average molecular weight is 361 g/mol. The van der Waals surface area contributed by atoms with Crippen LogP contribution in [-0.2, 0) is 30.4 Å². The number of sulfonamides is 1. The Hall–Kier alpha value is -1.45. The number of hydrogen-bond acceptors (Lipinski definition) is 5. The largest absolute Gasteiger partial charge is 0.481 e. The molecule has 1 saturated heterocycles. The maximum absolute atomic E-state index is 12.6. The van der Waals surface area contributed by atoms with Gasteiger partial charge in [0.2, 0.25) is 10.0 Å². The molecule has 1 atom stereocenters. The molecule has 1 aliphatic heterocycles. The highest BCUT2D eigenvalue weighted by atomic mass is 32.2. The molecule has 0 bridgehead atoms. The summed E-state index contributed by atoms with van der Waals surface area (Å²) in [5.74, 6) is -1.17. The third-order valence-corrected chi connectivity index (χ3v) is 6.66. The summed E-state index contributed by atoms with van der Waals surface area (Å²) in [6.45, 7) is 1.60. The first-order valence-electron chi connectivity index (χ1n) is 6.94. The first kappa shape index (κ1) is 17.9. The van der Waals surface area contributed by atoms with Gasteiger partial charge in [-0.2, -0.15) is 4.31 Å². The first-order chi connectivity index (χ1) is 10.4. The molecule has 1 fully saturated rings. The fourth-order valence-electron chi connectivity index (χ4n) is 2.51. The molecule has 1 aromatic carbocycles. The zero-order chi connectivity index (χ0) is 17.5. The van der Waals surface area contributed by atoms with Gasteiger partial charge in [0.25, 0.3) is 0 Å². The molecule has 0 amide bonds. The summed E-state index contributed by atoms with van der Waals surface area (Å²) in [6, 6.07) is 5.62. The van der Waals surface area contributed by atoms with Gasteiger partial charge in [-0.1, -0.05) is 12.1 Å². The summed E-state index contributed by atoms with van der Waals surface area (Å²) in [6.07, 6.45) is 1.36. The van der Waals surface area contributed by atoms with Crippen molar-refractivity contribution in [1.82, 2.24) is 4.31 Å². The van der Waals surface area contributed by atoms with Gasteiger partial charge in [-0.3, -0.25) is 4.79 Å². The lowest BCUT2D eigenvalue weighted by molar-refractivity contribution is -0.146. The number of rotatable bonds is 5. The fraction of sp³-hybridized carbons (Fsp3) is 0.500. The monoisotopic (exact) mass is 361 g/mol. The summed E-state index contributed by atoms with van der Waals surface area (Å²) in [5, 5.41) is 9.19. The molecule has 1 aliphatic rings. The predicted molar refractivity (Wildman–Crippen MR) is 84.1 cm³/mol. The molecule has 0 aliphatic carbocycles. The van der Waals surface area contributed by atoms with Crippen LogP contribution in [0, 0.1) is 5.41 Å². The molecule has 0 radical (unpaired) electrons. The number of hydrogen-bond donors (Lipinski definition) is 1. The van der Waals surface area contributed by atoms with E-state index in [0.29, 0.717) is 5.56 Å². The van der Waals surface area contributed by atoms with E-state index in [1.54, 1.807) is 0 Å². The summed E-state index contributed by atoms with van der Waals surface area (Å²) in [7, 11) is -6.97. The van der Waals surface area contributed by atoms with Crippen molar-refractivity contribution in [1.29, 1.82) is 0 Å². The highest BCUT2D eigenvalue weighted by Crippen LogP contribution is 2.33. The minimum atomic E-state index is -3.78. The van der Waals surface area contributed by atoms with Crippen LogP contribution < -0.4 is 0 Å². The molecule has 1 heterocycles. The Morgan fingerprint density at radius 1 is 1.22 bits per heavy atom. The number of carboxylic acids is 1. The van der Waals surface area contributed by atoms with Crippen molar-refractivity contribution in [2.24, 2.45) is 5.41 Å². The van der Waals surface area contributed by atoms with Gasteiger partial charge in [-0.25, -0.2) is 16.8 Å². The van der Waals surface area contributed by atoms with E-state index in [4.69, 9.17) is 0 Å². The number of carbonyl (C=O) groups is 1. The number of nitrogens with zero attached hydrogens (tertiary/aromatic N) is 1. The molecule has 1 unspecified atom stereocenters. The van der Waals surface area contributed by atoms with Crippen molar-refractivity contribution in [3.63, 3.8) is 0 Å². The van der Waals surface area contributed by atoms with E-state index in [-0.39, 0.29) is 30.2 Å². The van der Waals surface area contributed by atoms with E-state index in [1.807, 2.05) is 0 Å². The van der Waals surface area contributed by atoms with Gasteiger partial charge < -0.3 is 5.11 Å². The van der Waals surface area contributed by atoms with E-state index in [9.17, 15) is 26.7 Å². The maximum atomic E-state index is 12.6. The van der Waals surface area contributed by atoms with Crippen LogP contribution >= 0.6 is 0 Å². The van der Waals surface area contributed by atoms with E-state index >= 15 is 0 Å². The quantitative estimate of drug-likeness (QED) is 0.827. The van der Waals surface area contributed by atoms with Gasteiger partial charge in [-0.15, -0.1) is 0 Å². The molecule has 1 N–H and O–H groups in total. The maximum Gasteiger partial charge on any atom is 0.310 e. The SMILES string of the molecule is CC1(C(=O)O)CCN(S(=O)(=O)c2ccc(CS(C)(=O)=O)cc2)C1. The molecule has 128 valence electrons. The van der Waals surface area contributed by atoms with Gasteiger partial charge in [0.05, 0.1) is 16.1 Å². The smallest absolute Gasteiger partial charge is 0.310 e. The molecule has 7 nitrogen and oxygen atoms in total. The molecular formula is C14H19NO6S2. The van der Waals surface area contributed by atoms with E-state index < -0.39 is 31.2 Å². The van der Waals surface area contributed by atoms with E-state index in [2.05, 4.69) is 0 Å². The van der Waals surface area contributed by atoms with E-state index in [0.717, 1.165) is 10.6 Å². The highest BCUT2D eigenvalue weighted by Gasteiger charge is 2.44. The molecule has 2 rings (SSSR count). The normalized spacial score (nSPS) is 23.0. The molecule has 0 aromatic heterocycles. The minimum Gasteiger partial charge on any atom is -0.481 e. The van der Waals surface area contributed by atoms with Crippen LogP contribution in [0.1, 0.15) is 18.9 Å². The topological polar surface area (TPSA) is 109 Å². The van der Waals surface area contributed by atoms with Crippen molar-refractivity contribution in [2.75, 3.05) is 19.3 Å². The predicted octanol–water partition coefficient (Wildman–Crippen LogP) is 0.716. The number of benzene rings is 1. The molecule has 23 heavy (non-hydrogen) atoms. The Balaban J connectivity index is 2.23. The van der Waals surface area contributed by atoms with Crippen LogP contribution in [0.25, 0.3) is 0 Å². The van der Waals surface area contributed by atoms with Gasteiger partial charge in [0.15, 0.2) is 9.84 Å². The second kappa shape index (κ2) is 5.88. The van der Waals surface area contributed by atoms with Crippen LogP contribution in [0.5, 0.6) is 0 Å². The van der Waals surface area contributed by atoms with Crippen LogP contribution in [0.2, 0.25) is 0 Å². The van der Waals surface area contributed by atoms with Crippen molar-refractivity contribution in [3.8, 4) is 0 Å². The first-order valence-corrected chi connectivity index (χ1v) is 10.4. The average Bonchev–Trinajstić information content (AvgIpc) is 2.82. The van der Waals surface area contributed by atoms with Crippen LogP contribution in [0.3, 0.4) is 0 Å². The van der Waals surface area contributed by atoms with Crippen LogP contribution in [-0.4, -0.2) is 51.6 Å². The van der Waals surface area contributed by atoms with Crippen LogP contribution in [0.4, 0.5) is 0 Å². The van der Waals surface area contributed by atoms with Gasteiger partial charge in [0, 0.05) is 19.3 Å². The Morgan fingerprint density at radius 3 is 2.22 bits per heavy atom. The summed E-state index contributed by atoms with van der Waals surface area (Å²) >= 11 is 0. The number of sulfone groups is 1. The fourth-order valence-corrected chi connectivity index (χ4v) is 4.87. The van der Waals surface area contributed by atoms with Crippen LogP contribution in [0.15, 0.2) is 29.2 Å². The molecular weight excluding hydrogens is 342 g/mol. The second-order valence-electron chi connectivity index (χ2n) is 6.17. The standard InChI is InChI=1S/C14H19NO6S2/c1-14(13(16)17)7-8-15(10-14)23(20,21)12-5-3-11(4-6-12)9-22(2,18)19/h3-6H,7-10H2,1-2H3,(H,16,17). The lowest BCUT2D eigenvalue weighted by Gasteiger charge is -2.20. The third-order valence-electron chi connectivity index (χ3n) is 3.94. The lowest BCUT2D eigenvalue weighted by Crippen LogP contribution is -2.34. The van der Waals surface area contributed by atoms with Crippen molar-refractivity contribution >= 4 is 25.8 Å². The van der Waals surface area contributed by atoms with Crippen molar-refractivity contribution in [3.05, 3.63) is 29.8 Å².